The van der Waals surface area contributed by atoms with Crippen molar-refractivity contribution in [1.82, 2.24) is 4.90 Å². The fourth-order valence-electron chi connectivity index (χ4n) is 2.33. The summed E-state index contributed by atoms with van der Waals surface area (Å²) in [5.74, 6) is 0. The van der Waals surface area contributed by atoms with Gasteiger partial charge in [0, 0.05) is 19.6 Å². The van der Waals surface area contributed by atoms with E-state index in [9.17, 15) is 18.3 Å². The molecule has 1 aliphatic rings. The maximum absolute atomic E-state index is 12.7. The van der Waals surface area contributed by atoms with E-state index in [1.54, 1.807) is 13.0 Å². The first kappa shape index (κ1) is 13.4. The van der Waals surface area contributed by atoms with Crippen molar-refractivity contribution in [1.29, 1.82) is 0 Å². The highest BCUT2D eigenvalue weighted by atomic mass is 19.4. The van der Waals surface area contributed by atoms with Crippen molar-refractivity contribution in [3.63, 3.8) is 0 Å². The molecule has 1 atom stereocenters. The molecule has 0 amide bonds. The summed E-state index contributed by atoms with van der Waals surface area (Å²) >= 11 is 0. The molecule has 1 aromatic rings. The third kappa shape index (κ3) is 3.23. The second kappa shape index (κ2) is 4.90. The smallest absolute Gasteiger partial charge is 0.392 e. The van der Waals surface area contributed by atoms with E-state index >= 15 is 0 Å². The largest absolute Gasteiger partial charge is 0.416 e. The molecule has 1 saturated heterocycles. The number of hydrogen-bond acceptors (Lipinski definition) is 2. The minimum atomic E-state index is -4.30. The zero-order valence-electron chi connectivity index (χ0n) is 10.2. The molecule has 0 bridgehead atoms. The SMILES string of the molecule is Cc1cc(CN2CC[C@@H](O)C2)cc(C(F)(F)F)c1. The summed E-state index contributed by atoms with van der Waals surface area (Å²) in [5.41, 5.74) is 0.660. The van der Waals surface area contributed by atoms with E-state index in [4.69, 9.17) is 0 Å². The summed E-state index contributed by atoms with van der Waals surface area (Å²) in [6.07, 6.45) is -3.96. The average Bonchev–Trinajstić information content (AvgIpc) is 2.61. The molecule has 0 aromatic heterocycles. The monoisotopic (exact) mass is 259 g/mol. The molecule has 1 aromatic carbocycles. The normalized spacial score (nSPS) is 21.5. The number of aliphatic hydroxyl groups excluding tert-OH is 1. The fraction of sp³-hybridized carbons (Fsp3) is 0.538. The molecule has 2 nitrogen and oxygen atoms in total. The standard InChI is InChI=1S/C13H16F3NO/c1-9-4-10(6-11(5-9)13(14,15)16)7-17-3-2-12(18)8-17/h4-6,12,18H,2-3,7-8H2,1H3/t12-/m1/s1. The molecular weight excluding hydrogens is 243 g/mol. The number of β-amino-alcohol motifs (C(OH)–C–C–N with tert-alkyl or cyclic N) is 1. The van der Waals surface area contributed by atoms with Crippen LogP contribution >= 0.6 is 0 Å². The van der Waals surface area contributed by atoms with Gasteiger partial charge < -0.3 is 5.11 Å². The van der Waals surface area contributed by atoms with Gasteiger partial charge in [0.25, 0.3) is 0 Å². The molecule has 1 N–H and O–H groups in total. The quantitative estimate of drug-likeness (QED) is 0.882. The van der Waals surface area contributed by atoms with Crippen molar-refractivity contribution in [2.75, 3.05) is 13.1 Å². The number of aliphatic hydroxyl groups is 1. The third-order valence-electron chi connectivity index (χ3n) is 3.12. The van der Waals surface area contributed by atoms with Gasteiger partial charge in [-0.2, -0.15) is 13.2 Å². The third-order valence-corrected chi connectivity index (χ3v) is 3.12. The molecule has 1 fully saturated rings. The molecule has 5 heteroatoms. The predicted octanol–water partition coefficient (Wildman–Crippen LogP) is 2.58. The lowest BCUT2D eigenvalue weighted by atomic mass is 10.1. The molecule has 2 rings (SSSR count). The Bertz CT molecular complexity index is 431. The van der Waals surface area contributed by atoms with E-state index in [1.165, 1.54) is 6.07 Å². The van der Waals surface area contributed by atoms with Gasteiger partial charge in [-0.15, -0.1) is 0 Å². The van der Waals surface area contributed by atoms with Crippen molar-refractivity contribution in [3.8, 4) is 0 Å². The van der Waals surface area contributed by atoms with Gasteiger partial charge in [0.2, 0.25) is 0 Å². The number of nitrogens with zero attached hydrogens (tertiary/aromatic N) is 1. The van der Waals surface area contributed by atoms with Gasteiger partial charge in [0.1, 0.15) is 0 Å². The van der Waals surface area contributed by atoms with Gasteiger partial charge in [0.05, 0.1) is 11.7 Å². The van der Waals surface area contributed by atoms with Crippen LogP contribution in [0.1, 0.15) is 23.1 Å². The molecule has 0 unspecified atom stereocenters. The van der Waals surface area contributed by atoms with Crippen molar-refractivity contribution in [2.24, 2.45) is 0 Å². The molecular formula is C13H16F3NO. The molecule has 0 saturated carbocycles. The molecule has 0 radical (unpaired) electrons. The van der Waals surface area contributed by atoms with E-state index in [0.717, 1.165) is 12.6 Å². The second-order valence-corrected chi connectivity index (χ2v) is 4.88. The van der Waals surface area contributed by atoms with E-state index < -0.39 is 11.7 Å². The first-order chi connectivity index (χ1) is 8.34. The Morgan fingerprint density at radius 1 is 1.33 bits per heavy atom. The second-order valence-electron chi connectivity index (χ2n) is 4.88. The van der Waals surface area contributed by atoms with Crippen LogP contribution in [0, 0.1) is 6.92 Å². The van der Waals surface area contributed by atoms with E-state index in [0.29, 0.717) is 30.6 Å². The van der Waals surface area contributed by atoms with Crippen LogP contribution in [-0.4, -0.2) is 29.2 Å². The van der Waals surface area contributed by atoms with Crippen LogP contribution in [0.2, 0.25) is 0 Å². The van der Waals surface area contributed by atoms with Crippen LogP contribution in [0.5, 0.6) is 0 Å². The van der Waals surface area contributed by atoms with Gasteiger partial charge in [-0.05, 0) is 31.0 Å². The van der Waals surface area contributed by atoms with Gasteiger partial charge in [0.15, 0.2) is 0 Å². The van der Waals surface area contributed by atoms with Crippen molar-refractivity contribution < 1.29 is 18.3 Å². The van der Waals surface area contributed by atoms with Crippen molar-refractivity contribution in [3.05, 3.63) is 34.9 Å². The van der Waals surface area contributed by atoms with E-state index in [1.807, 2.05) is 4.90 Å². The molecule has 0 aliphatic carbocycles. The maximum atomic E-state index is 12.7. The number of aryl methyl sites for hydroxylation is 1. The molecule has 18 heavy (non-hydrogen) atoms. The highest BCUT2D eigenvalue weighted by molar-refractivity contribution is 5.31. The number of halogens is 3. The van der Waals surface area contributed by atoms with Crippen LogP contribution < -0.4 is 0 Å². The summed E-state index contributed by atoms with van der Waals surface area (Å²) in [6, 6.07) is 4.11. The van der Waals surface area contributed by atoms with Crippen LogP contribution in [0.3, 0.4) is 0 Å². The Morgan fingerprint density at radius 2 is 2.06 bits per heavy atom. The Balaban J connectivity index is 2.15. The Labute approximate surface area is 104 Å². The number of benzene rings is 1. The summed E-state index contributed by atoms with van der Waals surface area (Å²) in [4.78, 5) is 1.97. The molecule has 1 aliphatic heterocycles. The number of alkyl halides is 3. The lowest BCUT2D eigenvalue weighted by Gasteiger charge is -2.17. The number of likely N-dealkylation sites (tertiary alicyclic amines) is 1. The average molecular weight is 259 g/mol. The van der Waals surface area contributed by atoms with E-state index in [-0.39, 0.29) is 6.10 Å². The number of rotatable bonds is 2. The summed E-state index contributed by atoms with van der Waals surface area (Å²) in [6.45, 7) is 3.39. The minimum absolute atomic E-state index is 0.350. The molecule has 0 spiro atoms. The molecule has 100 valence electrons. The lowest BCUT2D eigenvalue weighted by Crippen LogP contribution is -2.21. The predicted molar refractivity (Wildman–Crippen MR) is 62.1 cm³/mol. The maximum Gasteiger partial charge on any atom is 0.416 e. The van der Waals surface area contributed by atoms with Gasteiger partial charge in [-0.25, -0.2) is 0 Å². The fourth-order valence-corrected chi connectivity index (χ4v) is 2.33. The summed E-state index contributed by atoms with van der Waals surface area (Å²) in [7, 11) is 0. The van der Waals surface area contributed by atoms with Crippen LogP contribution in [0.15, 0.2) is 18.2 Å². The topological polar surface area (TPSA) is 23.5 Å². The number of hydrogen-bond donors (Lipinski definition) is 1. The van der Waals surface area contributed by atoms with E-state index in [2.05, 4.69) is 0 Å². The van der Waals surface area contributed by atoms with Crippen LogP contribution in [-0.2, 0) is 12.7 Å². The highest BCUT2D eigenvalue weighted by Gasteiger charge is 2.31. The first-order valence-electron chi connectivity index (χ1n) is 5.93. The summed E-state index contributed by atoms with van der Waals surface area (Å²) in [5, 5.41) is 9.39. The Hall–Kier alpha value is -1.07. The summed E-state index contributed by atoms with van der Waals surface area (Å²) < 4.78 is 38.0. The first-order valence-corrected chi connectivity index (χ1v) is 5.93. The van der Waals surface area contributed by atoms with Crippen LogP contribution in [0.25, 0.3) is 0 Å². The zero-order chi connectivity index (χ0) is 13.3. The highest BCUT2D eigenvalue weighted by Crippen LogP contribution is 2.31. The minimum Gasteiger partial charge on any atom is -0.392 e. The van der Waals surface area contributed by atoms with Crippen LogP contribution in [0.4, 0.5) is 13.2 Å². The Kier molecular flexibility index (Phi) is 3.64. The lowest BCUT2D eigenvalue weighted by molar-refractivity contribution is -0.137. The molecule has 1 heterocycles. The van der Waals surface area contributed by atoms with Crippen molar-refractivity contribution >= 4 is 0 Å². The van der Waals surface area contributed by atoms with Crippen molar-refractivity contribution in [2.45, 2.75) is 32.2 Å². The van der Waals surface area contributed by atoms with Gasteiger partial charge in [-0.3, -0.25) is 4.90 Å². The Morgan fingerprint density at radius 3 is 2.61 bits per heavy atom. The van der Waals surface area contributed by atoms with Gasteiger partial charge in [-0.1, -0.05) is 11.6 Å². The zero-order valence-corrected chi connectivity index (χ0v) is 10.2. The van der Waals surface area contributed by atoms with Gasteiger partial charge >= 0.3 is 6.18 Å².